The van der Waals surface area contributed by atoms with Crippen LogP contribution in [0.3, 0.4) is 0 Å². The predicted molar refractivity (Wildman–Crippen MR) is 76.6 cm³/mol. The molecule has 1 saturated heterocycles. The maximum absolute atomic E-state index is 12.0. The van der Waals surface area contributed by atoms with Crippen molar-refractivity contribution in [2.24, 2.45) is 16.6 Å². The van der Waals surface area contributed by atoms with Crippen molar-refractivity contribution in [3.05, 3.63) is 0 Å². The van der Waals surface area contributed by atoms with Gasteiger partial charge in [0.1, 0.15) is 5.60 Å². The van der Waals surface area contributed by atoms with E-state index in [1.807, 2.05) is 20.8 Å². The van der Waals surface area contributed by atoms with Crippen LogP contribution in [0.25, 0.3) is 0 Å². The zero-order valence-corrected chi connectivity index (χ0v) is 12.5. The molecule has 0 saturated carbocycles. The van der Waals surface area contributed by atoms with E-state index in [2.05, 4.69) is 10.3 Å². The lowest BCUT2D eigenvalue weighted by atomic mass is 9.91. The molecule has 0 aliphatic carbocycles. The van der Waals surface area contributed by atoms with Gasteiger partial charge in [-0.15, -0.1) is 12.4 Å². The second-order valence-electron chi connectivity index (χ2n) is 5.95. The maximum atomic E-state index is 12.0. The smallest absolute Gasteiger partial charge is 0.410 e. The molecule has 2 heterocycles. The largest absolute Gasteiger partial charge is 0.444 e. The fourth-order valence-electron chi connectivity index (χ4n) is 2.35. The molecule has 1 fully saturated rings. The lowest BCUT2D eigenvalue weighted by molar-refractivity contribution is 0.0142. The van der Waals surface area contributed by atoms with Gasteiger partial charge in [-0.2, -0.15) is 0 Å². The van der Waals surface area contributed by atoms with Crippen LogP contribution < -0.4 is 11.1 Å². The van der Waals surface area contributed by atoms with E-state index in [0.717, 1.165) is 6.42 Å². The third-order valence-electron chi connectivity index (χ3n) is 3.22. The Labute approximate surface area is 120 Å². The number of nitrogens with zero attached hydrogens (tertiary/aromatic N) is 2. The minimum absolute atomic E-state index is 0. The molecule has 0 aromatic heterocycles. The first kappa shape index (κ1) is 15.9. The number of rotatable bonds is 0. The molecular formula is C12H23ClN4O2. The van der Waals surface area contributed by atoms with Crippen molar-refractivity contribution in [1.82, 2.24) is 10.2 Å². The summed E-state index contributed by atoms with van der Waals surface area (Å²) in [5.74, 6) is 0.848. The maximum Gasteiger partial charge on any atom is 0.410 e. The van der Waals surface area contributed by atoms with E-state index in [-0.39, 0.29) is 18.5 Å². The first-order valence-electron chi connectivity index (χ1n) is 6.39. The molecule has 0 radical (unpaired) electrons. The lowest BCUT2D eigenvalue weighted by Crippen LogP contribution is -2.57. The summed E-state index contributed by atoms with van der Waals surface area (Å²) in [5, 5.41) is 3.17. The van der Waals surface area contributed by atoms with Gasteiger partial charge in [0, 0.05) is 31.6 Å². The number of likely N-dealkylation sites (tertiary alicyclic amines) is 1. The van der Waals surface area contributed by atoms with Gasteiger partial charge in [-0.3, -0.25) is 4.99 Å². The fraction of sp³-hybridized carbons (Fsp3) is 0.833. The molecule has 2 rings (SSSR count). The number of fused-ring (bicyclic) bond motifs is 1. The minimum atomic E-state index is -0.443. The molecule has 2 aliphatic rings. The average molecular weight is 291 g/mol. The second kappa shape index (κ2) is 5.86. The Kier molecular flexibility index (Phi) is 4.90. The summed E-state index contributed by atoms with van der Waals surface area (Å²) in [4.78, 5) is 17.9. The van der Waals surface area contributed by atoms with Crippen LogP contribution in [0.5, 0.6) is 0 Å². The first-order valence-corrected chi connectivity index (χ1v) is 6.39. The molecule has 0 bridgehead atoms. The van der Waals surface area contributed by atoms with E-state index in [0.29, 0.717) is 37.6 Å². The highest BCUT2D eigenvalue weighted by Gasteiger charge is 2.35. The number of hydrogen-bond donors (Lipinski definition) is 2. The summed E-state index contributed by atoms with van der Waals surface area (Å²) in [6.45, 7) is 7.71. The molecule has 3 N–H and O–H groups in total. The predicted octanol–water partition coefficient (Wildman–Crippen LogP) is 0.952. The van der Waals surface area contributed by atoms with Gasteiger partial charge in [0.2, 0.25) is 0 Å². The summed E-state index contributed by atoms with van der Waals surface area (Å²) < 4.78 is 5.38. The molecule has 6 nitrogen and oxygen atoms in total. The number of carbonyl (C=O) groups excluding carboxylic acids is 1. The van der Waals surface area contributed by atoms with Crippen molar-refractivity contribution < 1.29 is 9.53 Å². The van der Waals surface area contributed by atoms with Crippen molar-refractivity contribution in [2.45, 2.75) is 38.8 Å². The van der Waals surface area contributed by atoms with Crippen molar-refractivity contribution in [1.29, 1.82) is 0 Å². The van der Waals surface area contributed by atoms with Crippen LogP contribution in [0.2, 0.25) is 0 Å². The summed E-state index contributed by atoms with van der Waals surface area (Å²) in [7, 11) is 0. The third kappa shape index (κ3) is 4.16. The number of amides is 1. The Hall–Kier alpha value is -1.17. The van der Waals surface area contributed by atoms with E-state index >= 15 is 0 Å². The van der Waals surface area contributed by atoms with Crippen molar-refractivity contribution in [2.75, 3.05) is 19.6 Å². The minimum Gasteiger partial charge on any atom is -0.444 e. The van der Waals surface area contributed by atoms with E-state index in [1.165, 1.54) is 0 Å². The lowest BCUT2D eigenvalue weighted by Gasteiger charge is -2.40. The van der Waals surface area contributed by atoms with Crippen LogP contribution in [0.4, 0.5) is 4.79 Å². The topological polar surface area (TPSA) is 80.0 Å². The number of hydrogen-bond acceptors (Lipinski definition) is 5. The molecule has 0 aromatic carbocycles. The molecule has 7 heteroatoms. The quantitative estimate of drug-likeness (QED) is 0.696. The van der Waals surface area contributed by atoms with Gasteiger partial charge in [0.15, 0.2) is 5.96 Å². The number of nitrogens with one attached hydrogen (secondary N) is 1. The zero-order chi connectivity index (χ0) is 13.3. The van der Waals surface area contributed by atoms with Crippen molar-refractivity contribution in [3.8, 4) is 0 Å². The number of nitrogens with two attached hydrogens (primary N) is 1. The highest BCUT2D eigenvalue weighted by atomic mass is 35.5. The summed E-state index contributed by atoms with van der Waals surface area (Å²) >= 11 is 0. The van der Waals surface area contributed by atoms with E-state index in [9.17, 15) is 4.79 Å². The average Bonchev–Trinajstić information content (AvgIpc) is 2.26. The Bertz CT molecular complexity index is 367. The second-order valence-corrected chi connectivity index (χ2v) is 5.95. The molecule has 110 valence electrons. The fourth-order valence-corrected chi connectivity index (χ4v) is 2.35. The highest BCUT2D eigenvalue weighted by Crippen LogP contribution is 2.21. The van der Waals surface area contributed by atoms with Crippen LogP contribution in [-0.4, -0.2) is 48.2 Å². The van der Waals surface area contributed by atoms with Crippen LogP contribution >= 0.6 is 12.4 Å². The van der Waals surface area contributed by atoms with Gasteiger partial charge < -0.3 is 20.7 Å². The number of halogens is 1. The Balaban J connectivity index is 0.00000180. The SMILES string of the molecule is CC(C)(C)OC(=O)N1CCC2NC(N)=NCC2C1.Cl. The monoisotopic (exact) mass is 290 g/mol. The third-order valence-corrected chi connectivity index (χ3v) is 3.22. The van der Waals surface area contributed by atoms with Crippen molar-refractivity contribution in [3.63, 3.8) is 0 Å². The Morgan fingerprint density at radius 3 is 2.84 bits per heavy atom. The molecule has 2 atom stereocenters. The number of carbonyl (C=O) groups is 1. The molecular weight excluding hydrogens is 268 g/mol. The number of aliphatic imine (C=N–C) groups is 1. The summed E-state index contributed by atoms with van der Waals surface area (Å²) in [6.07, 6.45) is 0.656. The first-order chi connectivity index (χ1) is 8.35. The van der Waals surface area contributed by atoms with E-state index in [1.54, 1.807) is 4.90 Å². The van der Waals surface area contributed by atoms with Crippen LogP contribution in [0, 0.1) is 5.92 Å². The number of piperidine rings is 1. The van der Waals surface area contributed by atoms with Crippen LogP contribution in [0.15, 0.2) is 4.99 Å². The Morgan fingerprint density at radius 1 is 1.53 bits per heavy atom. The van der Waals surface area contributed by atoms with Gasteiger partial charge in [-0.05, 0) is 27.2 Å². The Morgan fingerprint density at radius 2 is 2.21 bits per heavy atom. The van der Waals surface area contributed by atoms with Gasteiger partial charge in [-0.25, -0.2) is 4.79 Å². The number of ether oxygens (including phenoxy) is 1. The molecule has 2 aliphatic heterocycles. The van der Waals surface area contributed by atoms with Gasteiger partial charge in [0.05, 0.1) is 0 Å². The molecule has 1 amide bonds. The van der Waals surface area contributed by atoms with Crippen molar-refractivity contribution >= 4 is 24.5 Å². The van der Waals surface area contributed by atoms with Crippen LogP contribution in [-0.2, 0) is 4.74 Å². The molecule has 0 spiro atoms. The van der Waals surface area contributed by atoms with Crippen LogP contribution in [0.1, 0.15) is 27.2 Å². The zero-order valence-electron chi connectivity index (χ0n) is 11.7. The summed E-state index contributed by atoms with van der Waals surface area (Å²) in [5.41, 5.74) is 5.21. The van der Waals surface area contributed by atoms with Gasteiger partial charge in [-0.1, -0.05) is 0 Å². The van der Waals surface area contributed by atoms with E-state index in [4.69, 9.17) is 10.5 Å². The van der Waals surface area contributed by atoms with E-state index < -0.39 is 5.60 Å². The normalized spacial score (nSPS) is 26.5. The molecule has 0 aromatic rings. The molecule has 19 heavy (non-hydrogen) atoms. The number of guanidine groups is 1. The van der Waals surface area contributed by atoms with Gasteiger partial charge in [0.25, 0.3) is 0 Å². The standard InChI is InChI=1S/C12H22N4O2.ClH/c1-12(2,3)18-11(17)16-5-4-9-8(7-16)6-14-10(13)15-9;/h8-9H,4-7H2,1-3H3,(H3,13,14,15);1H. The van der Waals surface area contributed by atoms with Gasteiger partial charge >= 0.3 is 6.09 Å². The highest BCUT2D eigenvalue weighted by molar-refractivity contribution is 5.85. The summed E-state index contributed by atoms with van der Waals surface area (Å²) in [6, 6.07) is 0.334. The molecule has 2 unspecified atom stereocenters.